The van der Waals surface area contributed by atoms with Crippen LogP contribution in [0, 0.1) is 6.92 Å². The van der Waals surface area contributed by atoms with E-state index in [0.29, 0.717) is 18.7 Å². The Morgan fingerprint density at radius 3 is 2.90 bits per heavy atom. The molecule has 2 amide bonds. The van der Waals surface area contributed by atoms with Gasteiger partial charge in [-0.3, -0.25) is 9.59 Å². The fourth-order valence-electron chi connectivity index (χ4n) is 1.97. The molecular weight excluding hydrogens is 324 g/mol. The SMILES string of the molecule is Cc1ccc(OC(C)C(=O)NC2CNC(=O)C2)c(Br)c1. The molecule has 2 rings (SSSR count). The Kier molecular flexibility index (Phi) is 4.65. The van der Waals surface area contributed by atoms with Gasteiger partial charge in [-0.15, -0.1) is 0 Å². The lowest BCUT2D eigenvalue weighted by Crippen LogP contribution is -2.43. The van der Waals surface area contributed by atoms with Gasteiger partial charge in [-0.2, -0.15) is 0 Å². The largest absolute Gasteiger partial charge is 0.480 e. The van der Waals surface area contributed by atoms with Crippen LogP contribution in [0.15, 0.2) is 22.7 Å². The number of carbonyl (C=O) groups excluding carboxylic acids is 2. The Labute approximate surface area is 126 Å². The van der Waals surface area contributed by atoms with Gasteiger partial charge in [-0.05, 0) is 47.5 Å². The highest BCUT2D eigenvalue weighted by molar-refractivity contribution is 9.10. The molecule has 108 valence electrons. The van der Waals surface area contributed by atoms with E-state index in [4.69, 9.17) is 4.74 Å². The molecule has 1 aliphatic rings. The molecule has 20 heavy (non-hydrogen) atoms. The van der Waals surface area contributed by atoms with E-state index in [1.54, 1.807) is 6.92 Å². The summed E-state index contributed by atoms with van der Waals surface area (Å²) in [6.45, 7) is 4.14. The van der Waals surface area contributed by atoms with E-state index in [-0.39, 0.29) is 17.9 Å². The minimum Gasteiger partial charge on any atom is -0.480 e. The number of carbonyl (C=O) groups is 2. The lowest BCUT2D eigenvalue weighted by molar-refractivity contribution is -0.127. The normalized spacial score (nSPS) is 19.4. The minimum absolute atomic E-state index is 0.0369. The van der Waals surface area contributed by atoms with Gasteiger partial charge >= 0.3 is 0 Å². The molecule has 2 N–H and O–H groups in total. The summed E-state index contributed by atoms with van der Waals surface area (Å²) >= 11 is 3.41. The zero-order valence-electron chi connectivity index (χ0n) is 11.4. The van der Waals surface area contributed by atoms with Crippen molar-refractivity contribution in [2.24, 2.45) is 0 Å². The zero-order chi connectivity index (χ0) is 14.7. The number of rotatable bonds is 4. The van der Waals surface area contributed by atoms with Crippen molar-refractivity contribution in [3.05, 3.63) is 28.2 Å². The summed E-state index contributed by atoms with van der Waals surface area (Å²) < 4.78 is 6.45. The van der Waals surface area contributed by atoms with Crippen molar-refractivity contribution >= 4 is 27.7 Å². The Balaban J connectivity index is 1.92. The second-order valence-electron chi connectivity index (χ2n) is 4.91. The predicted molar refractivity (Wildman–Crippen MR) is 78.5 cm³/mol. The lowest BCUT2D eigenvalue weighted by atomic mass is 10.2. The first kappa shape index (κ1) is 14.8. The van der Waals surface area contributed by atoms with Crippen molar-refractivity contribution in [2.45, 2.75) is 32.4 Å². The number of hydrogen-bond acceptors (Lipinski definition) is 3. The molecule has 0 spiro atoms. The molecule has 1 aliphatic heterocycles. The third kappa shape index (κ3) is 3.72. The van der Waals surface area contributed by atoms with Crippen molar-refractivity contribution in [2.75, 3.05) is 6.54 Å². The smallest absolute Gasteiger partial charge is 0.261 e. The van der Waals surface area contributed by atoms with Crippen LogP contribution in [0.4, 0.5) is 0 Å². The average molecular weight is 341 g/mol. The third-order valence-corrected chi connectivity index (χ3v) is 3.70. The number of amides is 2. The van der Waals surface area contributed by atoms with Gasteiger partial charge in [0.05, 0.1) is 10.5 Å². The number of benzene rings is 1. The Bertz CT molecular complexity index is 533. The summed E-state index contributed by atoms with van der Waals surface area (Å²) in [5.74, 6) is 0.364. The molecule has 6 heteroatoms. The fraction of sp³-hybridized carbons (Fsp3) is 0.429. The quantitative estimate of drug-likeness (QED) is 0.873. The van der Waals surface area contributed by atoms with E-state index in [2.05, 4.69) is 26.6 Å². The molecule has 0 radical (unpaired) electrons. The van der Waals surface area contributed by atoms with Crippen molar-refractivity contribution in [1.29, 1.82) is 0 Å². The van der Waals surface area contributed by atoms with Crippen molar-refractivity contribution < 1.29 is 14.3 Å². The van der Waals surface area contributed by atoms with E-state index in [9.17, 15) is 9.59 Å². The maximum atomic E-state index is 12.0. The molecule has 5 nitrogen and oxygen atoms in total. The number of halogens is 1. The summed E-state index contributed by atoms with van der Waals surface area (Å²) in [4.78, 5) is 23.1. The Morgan fingerprint density at radius 2 is 2.30 bits per heavy atom. The predicted octanol–water partition coefficient (Wildman–Crippen LogP) is 1.53. The van der Waals surface area contributed by atoms with Gasteiger partial charge < -0.3 is 15.4 Å². The standard InChI is InChI=1S/C14H17BrN2O3/c1-8-3-4-12(11(15)5-8)20-9(2)14(19)17-10-6-13(18)16-7-10/h3-5,9-10H,6-7H2,1-2H3,(H,16,18)(H,17,19). The average Bonchev–Trinajstić information content (AvgIpc) is 2.78. The first-order valence-electron chi connectivity index (χ1n) is 6.45. The number of hydrogen-bond donors (Lipinski definition) is 2. The topological polar surface area (TPSA) is 67.4 Å². The molecule has 1 fully saturated rings. The molecule has 2 unspecified atom stereocenters. The summed E-state index contributed by atoms with van der Waals surface area (Å²) in [7, 11) is 0. The molecule has 1 saturated heterocycles. The molecule has 0 aliphatic carbocycles. The summed E-state index contributed by atoms with van der Waals surface area (Å²) in [6, 6.07) is 5.52. The van der Waals surface area contributed by atoms with Crippen LogP contribution in [0.5, 0.6) is 5.75 Å². The lowest BCUT2D eigenvalue weighted by Gasteiger charge is -2.18. The fourth-order valence-corrected chi connectivity index (χ4v) is 2.56. The van der Waals surface area contributed by atoms with Crippen LogP contribution in [-0.4, -0.2) is 30.5 Å². The number of nitrogens with one attached hydrogen (secondary N) is 2. The van der Waals surface area contributed by atoms with Gasteiger partial charge in [-0.25, -0.2) is 0 Å². The van der Waals surface area contributed by atoms with Crippen LogP contribution < -0.4 is 15.4 Å². The van der Waals surface area contributed by atoms with Crippen LogP contribution in [0.25, 0.3) is 0 Å². The van der Waals surface area contributed by atoms with E-state index in [1.165, 1.54) is 0 Å². The third-order valence-electron chi connectivity index (χ3n) is 3.08. The monoisotopic (exact) mass is 340 g/mol. The highest BCUT2D eigenvalue weighted by Crippen LogP contribution is 2.26. The molecule has 0 bridgehead atoms. The maximum absolute atomic E-state index is 12.0. The van der Waals surface area contributed by atoms with Crippen molar-refractivity contribution in [1.82, 2.24) is 10.6 Å². The summed E-state index contributed by atoms with van der Waals surface area (Å²) in [6.07, 6.45) is -0.295. The molecule has 1 aromatic rings. The summed E-state index contributed by atoms with van der Waals surface area (Å²) in [5.41, 5.74) is 1.11. The highest BCUT2D eigenvalue weighted by atomic mass is 79.9. The zero-order valence-corrected chi connectivity index (χ0v) is 13.0. The van der Waals surface area contributed by atoms with Gasteiger partial charge in [0.15, 0.2) is 6.10 Å². The van der Waals surface area contributed by atoms with Crippen LogP contribution >= 0.6 is 15.9 Å². The van der Waals surface area contributed by atoms with Crippen LogP contribution in [0.3, 0.4) is 0 Å². The van der Waals surface area contributed by atoms with Gasteiger partial charge in [0.1, 0.15) is 5.75 Å². The highest BCUT2D eigenvalue weighted by Gasteiger charge is 2.25. The van der Waals surface area contributed by atoms with Crippen LogP contribution in [0.2, 0.25) is 0 Å². The van der Waals surface area contributed by atoms with E-state index < -0.39 is 6.10 Å². The molecule has 1 heterocycles. The number of ether oxygens (including phenoxy) is 1. The van der Waals surface area contributed by atoms with Crippen molar-refractivity contribution in [3.8, 4) is 5.75 Å². The van der Waals surface area contributed by atoms with Gasteiger partial charge in [0, 0.05) is 13.0 Å². The molecule has 0 saturated carbocycles. The van der Waals surface area contributed by atoms with Gasteiger partial charge in [0.2, 0.25) is 5.91 Å². The van der Waals surface area contributed by atoms with Crippen molar-refractivity contribution in [3.63, 3.8) is 0 Å². The van der Waals surface area contributed by atoms with E-state index in [0.717, 1.165) is 10.0 Å². The maximum Gasteiger partial charge on any atom is 0.261 e. The van der Waals surface area contributed by atoms with Gasteiger partial charge in [0.25, 0.3) is 5.91 Å². The molecule has 1 aromatic carbocycles. The van der Waals surface area contributed by atoms with E-state index in [1.807, 2.05) is 25.1 Å². The second kappa shape index (κ2) is 6.26. The Hall–Kier alpha value is -1.56. The van der Waals surface area contributed by atoms with Crippen LogP contribution in [-0.2, 0) is 9.59 Å². The first-order chi connectivity index (χ1) is 9.45. The number of aryl methyl sites for hydroxylation is 1. The van der Waals surface area contributed by atoms with Gasteiger partial charge in [-0.1, -0.05) is 6.07 Å². The first-order valence-corrected chi connectivity index (χ1v) is 7.25. The van der Waals surface area contributed by atoms with E-state index >= 15 is 0 Å². The summed E-state index contributed by atoms with van der Waals surface area (Å²) in [5, 5.41) is 5.47. The molecule has 0 aromatic heterocycles. The minimum atomic E-state index is -0.621. The molecular formula is C14H17BrN2O3. The Morgan fingerprint density at radius 1 is 1.55 bits per heavy atom. The molecule has 2 atom stereocenters. The van der Waals surface area contributed by atoms with Crippen LogP contribution in [0.1, 0.15) is 18.9 Å². The second-order valence-corrected chi connectivity index (χ2v) is 5.76.